The molecule has 0 aliphatic carbocycles. The summed E-state index contributed by atoms with van der Waals surface area (Å²) in [6.07, 6.45) is -0.172. The van der Waals surface area contributed by atoms with E-state index in [4.69, 9.17) is 0 Å². The first kappa shape index (κ1) is 22.4. The van der Waals surface area contributed by atoms with Crippen LogP contribution in [0.2, 0.25) is 0 Å². The van der Waals surface area contributed by atoms with Crippen molar-refractivity contribution in [2.24, 2.45) is 0 Å². The molecule has 9 heteroatoms. The standard InChI is InChI=1S/C22H20N2O5S2/c1-15(25)17-4-2-5-19(14-17)24-22(27)16-7-9-18(10-8-16)23-20(26)11-13-31(28,29)21-6-3-12-30-21/h2-10,12,14H,11,13H2,1H3,(H,23,26)(H,24,27). The first-order valence-electron chi connectivity index (χ1n) is 9.33. The van der Waals surface area contributed by atoms with E-state index in [2.05, 4.69) is 10.6 Å². The van der Waals surface area contributed by atoms with Crippen molar-refractivity contribution in [1.82, 2.24) is 0 Å². The fourth-order valence-corrected chi connectivity index (χ4v) is 5.11. The zero-order valence-electron chi connectivity index (χ0n) is 16.6. The van der Waals surface area contributed by atoms with Crippen molar-refractivity contribution in [2.45, 2.75) is 17.6 Å². The Labute approximate surface area is 184 Å². The van der Waals surface area contributed by atoms with Gasteiger partial charge >= 0.3 is 0 Å². The second-order valence-corrected chi connectivity index (χ2v) is 10.0. The first-order valence-corrected chi connectivity index (χ1v) is 11.9. The Hall–Kier alpha value is -3.30. The lowest BCUT2D eigenvalue weighted by molar-refractivity contribution is -0.115. The van der Waals surface area contributed by atoms with Gasteiger partial charge in [-0.1, -0.05) is 18.2 Å². The molecule has 0 radical (unpaired) electrons. The summed E-state index contributed by atoms with van der Waals surface area (Å²) in [7, 11) is -3.48. The minimum atomic E-state index is -3.48. The first-order chi connectivity index (χ1) is 14.7. The largest absolute Gasteiger partial charge is 0.326 e. The van der Waals surface area contributed by atoms with E-state index in [1.165, 1.54) is 13.0 Å². The molecule has 1 heterocycles. The van der Waals surface area contributed by atoms with Crippen molar-refractivity contribution in [3.63, 3.8) is 0 Å². The average Bonchev–Trinajstić information content (AvgIpc) is 3.29. The van der Waals surface area contributed by atoms with Crippen LogP contribution in [0.5, 0.6) is 0 Å². The van der Waals surface area contributed by atoms with Gasteiger partial charge in [0.25, 0.3) is 5.91 Å². The summed E-state index contributed by atoms with van der Waals surface area (Å²) < 4.78 is 24.5. The molecule has 7 nitrogen and oxygen atoms in total. The van der Waals surface area contributed by atoms with E-state index < -0.39 is 15.7 Å². The molecule has 0 unspecified atom stereocenters. The second kappa shape index (κ2) is 9.67. The number of hydrogen-bond donors (Lipinski definition) is 2. The van der Waals surface area contributed by atoms with Gasteiger partial charge in [0, 0.05) is 28.9 Å². The Morgan fingerprint density at radius 2 is 1.61 bits per heavy atom. The van der Waals surface area contributed by atoms with Crippen molar-refractivity contribution < 1.29 is 22.8 Å². The van der Waals surface area contributed by atoms with Gasteiger partial charge in [-0.2, -0.15) is 0 Å². The van der Waals surface area contributed by atoms with Gasteiger partial charge < -0.3 is 10.6 Å². The molecule has 1 aromatic heterocycles. The highest BCUT2D eigenvalue weighted by molar-refractivity contribution is 7.93. The molecule has 3 aromatic rings. The molecule has 0 bridgehead atoms. The maximum absolute atomic E-state index is 12.4. The monoisotopic (exact) mass is 456 g/mol. The topological polar surface area (TPSA) is 109 Å². The van der Waals surface area contributed by atoms with Gasteiger partial charge in [0.05, 0.1) is 5.75 Å². The number of sulfone groups is 1. The van der Waals surface area contributed by atoms with Gasteiger partial charge in [0.1, 0.15) is 4.21 Å². The Balaban J connectivity index is 1.56. The van der Waals surface area contributed by atoms with E-state index in [9.17, 15) is 22.8 Å². The summed E-state index contributed by atoms with van der Waals surface area (Å²) in [5.41, 5.74) is 1.82. The fraction of sp³-hybridized carbons (Fsp3) is 0.136. The minimum Gasteiger partial charge on any atom is -0.326 e. The number of ketones is 1. The van der Waals surface area contributed by atoms with Crippen LogP contribution in [0.15, 0.2) is 70.3 Å². The lowest BCUT2D eigenvalue weighted by Gasteiger charge is -2.08. The molecule has 2 N–H and O–H groups in total. The number of hydrogen-bond acceptors (Lipinski definition) is 6. The number of Topliss-reactive ketones (excluding diaryl/α,β-unsaturated/α-hetero) is 1. The van der Waals surface area contributed by atoms with Crippen molar-refractivity contribution in [3.8, 4) is 0 Å². The van der Waals surface area contributed by atoms with Crippen LogP contribution >= 0.6 is 11.3 Å². The SMILES string of the molecule is CC(=O)c1cccc(NC(=O)c2ccc(NC(=O)CCS(=O)(=O)c3cccs3)cc2)c1. The maximum Gasteiger partial charge on any atom is 0.255 e. The molecule has 2 amide bonds. The van der Waals surface area contributed by atoms with E-state index in [0.29, 0.717) is 22.5 Å². The van der Waals surface area contributed by atoms with Crippen LogP contribution in [0, 0.1) is 0 Å². The summed E-state index contributed by atoms with van der Waals surface area (Å²) in [6, 6.07) is 16.0. The third-order valence-corrected chi connectivity index (χ3v) is 7.56. The Morgan fingerprint density at radius 1 is 0.871 bits per heavy atom. The van der Waals surface area contributed by atoms with Crippen LogP contribution in [-0.4, -0.2) is 31.8 Å². The van der Waals surface area contributed by atoms with Crippen molar-refractivity contribution in [2.75, 3.05) is 16.4 Å². The Kier molecular flexibility index (Phi) is 6.98. The van der Waals surface area contributed by atoms with Gasteiger partial charge in [-0.05, 0) is 54.8 Å². The molecule has 0 aliphatic rings. The quantitative estimate of drug-likeness (QED) is 0.498. The van der Waals surface area contributed by atoms with Gasteiger partial charge in [-0.3, -0.25) is 14.4 Å². The normalized spacial score (nSPS) is 11.0. The molecular formula is C22H20N2O5S2. The molecule has 31 heavy (non-hydrogen) atoms. The average molecular weight is 457 g/mol. The Bertz CT molecular complexity index is 1200. The highest BCUT2D eigenvalue weighted by atomic mass is 32.2. The predicted molar refractivity (Wildman–Crippen MR) is 120 cm³/mol. The van der Waals surface area contributed by atoms with Gasteiger partial charge in [0.15, 0.2) is 15.6 Å². The number of carbonyl (C=O) groups excluding carboxylic acids is 3. The number of amides is 2. The number of carbonyl (C=O) groups is 3. The summed E-state index contributed by atoms with van der Waals surface area (Å²) in [6.45, 7) is 1.45. The summed E-state index contributed by atoms with van der Waals surface area (Å²) in [5, 5.41) is 7.02. The van der Waals surface area contributed by atoms with Crippen LogP contribution in [-0.2, 0) is 14.6 Å². The fourth-order valence-electron chi connectivity index (χ4n) is 2.72. The van der Waals surface area contributed by atoms with E-state index >= 15 is 0 Å². The molecule has 0 aliphatic heterocycles. The minimum absolute atomic E-state index is 0.0978. The molecule has 2 aromatic carbocycles. The van der Waals surface area contributed by atoms with E-state index in [0.717, 1.165) is 11.3 Å². The van der Waals surface area contributed by atoms with Crippen LogP contribution in [0.25, 0.3) is 0 Å². The highest BCUT2D eigenvalue weighted by Gasteiger charge is 2.17. The third kappa shape index (κ3) is 6.09. The molecule has 0 saturated heterocycles. The van der Waals surface area contributed by atoms with Gasteiger partial charge in [-0.15, -0.1) is 11.3 Å². The third-order valence-electron chi connectivity index (χ3n) is 4.36. The highest BCUT2D eigenvalue weighted by Crippen LogP contribution is 2.19. The summed E-state index contributed by atoms with van der Waals surface area (Å²) in [4.78, 5) is 36.0. The number of thiophene rings is 1. The molecule has 160 valence electrons. The maximum atomic E-state index is 12.4. The molecule has 0 saturated carbocycles. The van der Waals surface area contributed by atoms with Crippen molar-refractivity contribution in [3.05, 3.63) is 77.2 Å². The van der Waals surface area contributed by atoms with Crippen molar-refractivity contribution in [1.29, 1.82) is 0 Å². The van der Waals surface area contributed by atoms with Crippen LogP contribution < -0.4 is 10.6 Å². The number of anilines is 2. The van der Waals surface area contributed by atoms with E-state index in [1.807, 2.05) is 0 Å². The van der Waals surface area contributed by atoms with E-state index in [1.54, 1.807) is 60.0 Å². The second-order valence-electron chi connectivity index (χ2n) is 6.72. The van der Waals surface area contributed by atoms with Gasteiger partial charge in [0.2, 0.25) is 5.91 Å². The van der Waals surface area contributed by atoms with E-state index in [-0.39, 0.29) is 28.1 Å². The molecule has 0 atom stereocenters. The molecule has 3 rings (SSSR count). The lowest BCUT2D eigenvalue weighted by Crippen LogP contribution is -2.17. The zero-order chi connectivity index (χ0) is 22.4. The predicted octanol–water partition coefficient (Wildman–Crippen LogP) is 4.01. The molecular weight excluding hydrogens is 436 g/mol. The number of rotatable bonds is 8. The summed E-state index contributed by atoms with van der Waals surface area (Å²) >= 11 is 1.12. The molecule has 0 fully saturated rings. The number of benzene rings is 2. The lowest BCUT2D eigenvalue weighted by atomic mass is 10.1. The van der Waals surface area contributed by atoms with Crippen LogP contribution in [0.1, 0.15) is 34.1 Å². The molecule has 0 spiro atoms. The van der Waals surface area contributed by atoms with Crippen molar-refractivity contribution >= 4 is 50.1 Å². The number of nitrogens with one attached hydrogen (secondary N) is 2. The van der Waals surface area contributed by atoms with Crippen LogP contribution in [0.3, 0.4) is 0 Å². The Morgan fingerprint density at radius 3 is 2.26 bits per heavy atom. The van der Waals surface area contributed by atoms with Crippen LogP contribution in [0.4, 0.5) is 11.4 Å². The van der Waals surface area contributed by atoms with Gasteiger partial charge in [-0.25, -0.2) is 8.42 Å². The summed E-state index contributed by atoms with van der Waals surface area (Å²) in [5.74, 6) is -1.17. The zero-order valence-corrected chi connectivity index (χ0v) is 18.3. The smallest absolute Gasteiger partial charge is 0.255 e.